The molecule has 10 heteroatoms. The van der Waals surface area contributed by atoms with Crippen LogP contribution in [0.3, 0.4) is 0 Å². The van der Waals surface area contributed by atoms with Gasteiger partial charge in [-0.25, -0.2) is 0 Å². The molecule has 2 aromatic rings. The van der Waals surface area contributed by atoms with E-state index in [-0.39, 0.29) is 18.3 Å². The minimum Gasteiger partial charge on any atom is -0.305 e. The number of halogens is 5. The Morgan fingerprint density at radius 1 is 1.08 bits per heavy atom. The van der Waals surface area contributed by atoms with Crippen LogP contribution in [0.25, 0.3) is 0 Å². The highest BCUT2D eigenvalue weighted by Crippen LogP contribution is 3.02. The molecule has 146 valence electrons. The number of benzene rings is 1. The van der Waals surface area contributed by atoms with Crippen molar-refractivity contribution in [1.29, 1.82) is 0 Å². The molecule has 3 rings (SSSR count). The number of aryl methyl sites for hydroxylation is 1. The van der Waals surface area contributed by atoms with Gasteiger partial charge in [-0.3, -0.25) is 9.48 Å². The number of carbonyl (C=O) groups excluding carboxylic acids is 1. The number of aromatic nitrogens is 2. The molecule has 0 saturated heterocycles. The van der Waals surface area contributed by atoms with Crippen LogP contribution in [0.4, 0.5) is 25.1 Å². The zero-order chi connectivity index (χ0) is 20.0. The van der Waals surface area contributed by atoms with E-state index in [2.05, 4.69) is 5.10 Å². The van der Waals surface area contributed by atoms with Gasteiger partial charge in [0.25, 0.3) is 5.91 Å². The summed E-state index contributed by atoms with van der Waals surface area (Å²) in [5, 5.41) is 4.11. The third-order valence-corrected chi connectivity index (χ3v) is 5.05. The maximum absolute atomic E-state index is 12.8. The van der Waals surface area contributed by atoms with Gasteiger partial charge in [-0.15, -0.1) is 0 Å². The average molecular weight is 397 g/mol. The van der Waals surface area contributed by atoms with Gasteiger partial charge in [-0.2, -0.15) is 5.10 Å². The fraction of sp³-hybridized carbons (Fsp3) is 0.375. The van der Waals surface area contributed by atoms with Gasteiger partial charge in [-0.1, -0.05) is 33.3 Å². The van der Waals surface area contributed by atoms with E-state index in [0.717, 1.165) is 12.1 Å². The predicted molar refractivity (Wildman–Crippen MR) is 92.5 cm³/mol. The maximum Gasteiger partial charge on any atom is 0.310 e. The van der Waals surface area contributed by atoms with Crippen LogP contribution < -0.4 is 4.90 Å². The van der Waals surface area contributed by atoms with Gasteiger partial charge in [0.05, 0.1) is 12.2 Å². The zero-order valence-corrected chi connectivity index (χ0v) is 15.5. The van der Waals surface area contributed by atoms with Gasteiger partial charge >= 0.3 is 10.2 Å². The lowest BCUT2D eigenvalue weighted by Crippen LogP contribution is -2.42. The number of nitrogens with zero attached hydrogens (tertiary/aromatic N) is 3. The standard InChI is InChI=1S/C14H14F5N3OS.C2H6/c1-9-7-20-22-10(2)8-21(14(23)13(9)22)11-3-5-12(6-4-11)24(15,16,17,18)19;1-2/h3-7,10H,8H2,1-2H3;1-2H3. The molecule has 0 aliphatic carbocycles. The Labute approximate surface area is 148 Å². The Bertz CT molecular complexity index is 830. The zero-order valence-electron chi connectivity index (χ0n) is 14.7. The van der Waals surface area contributed by atoms with Crippen LogP contribution in [0.2, 0.25) is 0 Å². The van der Waals surface area contributed by atoms with Crippen molar-refractivity contribution in [3.05, 3.63) is 41.7 Å². The monoisotopic (exact) mass is 397 g/mol. The summed E-state index contributed by atoms with van der Waals surface area (Å²) in [7, 11) is -9.72. The molecule has 0 bridgehead atoms. The van der Waals surface area contributed by atoms with E-state index >= 15 is 0 Å². The molecule has 1 aromatic heterocycles. The topological polar surface area (TPSA) is 38.1 Å². The van der Waals surface area contributed by atoms with E-state index in [1.54, 1.807) is 18.5 Å². The minimum absolute atomic E-state index is 0.129. The van der Waals surface area contributed by atoms with Crippen molar-refractivity contribution in [2.24, 2.45) is 0 Å². The molecular formula is C16H20F5N3OS. The number of hydrogen-bond donors (Lipinski definition) is 0. The van der Waals surface area contributed by atoms with Gasteiger partial charge in [0.15, 0.2) is 0 Å². The Morgan fingerprint density at radius 2 is 1.62 bits per heavy atom. The molecule has 1 aliphatic heterocycles. The SMILES string of the molecule is CC.Cc1cnn2c1C(=O)N(c1ccc(S(F)(F)(F)(F)F)cc1)CC2C. The average Bonchev–Trinajstić information content (AvgIpc) is 2.94. The van der Waals surface area contributed by atoms with Crippen LogP contribution in [0.5, 0.6) is 0 Å². The lowest BCUT2D eigenvalue weighted by Gasteiger charge is -2.40. The molecule has 1 unspecified atom stereocenters. The van der Waals surface area contributed by atoms with Gasteiger partial charge in [0.2, 0.25) is 0 Å². The molecule has 0 fully saturated rings. The van der Waals surface area contributed by atoms with Crippen molar-refractivity contribution in [2.75, 3.05) is 11.4 Å². The Kier molecular flexibility index (Phi) is 4.43. The fourth-order valence-electron chi connectivity index (χ4n) is 2.71. The molecule has 2 heterocycles. The van der Waals surface area contributed by atoms with E-state index in [1.165, 1.54) is 11.1 Å². The number of carbonyl (C=O) groups is 1. The predicted octanol–water partition coefficient (Wildman–Crippen LogP) is 6.10. The highest BCUT2D eigenvalue weighted by Gasteiger charge is 2.65. The number of rotatable bonds is 2. The van der Waals surface area contributed by atoms with Crippen molar-refractivity contribution < 1.29 is 24.2 Å². The highest BCUT2D eigenvalue weighted by molar-refractivity contribution is 8.45. The van der Waals surface area contributed by atoms with E-state index < -0.39 is 21.0 Å². The molecule has 1 aliphatic rings. The van der Waals surface area contributed by atoms with E-state index in [0.29, 0.717) is 23.4 Å². The summed E-state index contributed by atoms with van der Waals surface area (Å²) in [5.74, 6) is -0.428. The summed E-state index contributed by atoms with van der Waals surface area (Å²) in [6.45, 7) is 7.69. The third kappa shape index (κ3) is 3.69. The third-order valence-electron chi connectivity index (χ3n) is 3.88. The van der Waals surface area contributed by atoms with E-state index in [9.17, 15) is 24.2 Å². The lowest BCUT2D eigenvalue weighted by molar-refractivity contribution is 0.0952. The minimum atomic E-state index is -9.72. The van der Waals surface area contributed by atoms with Crippen molar-refractivity contribution in [1.82, 2.24) is 9.78 Å². The molecule has 0 N–H and O–H groups in total. The van der Waals surface area contributed by atoms with Crippen LogP contribution in [0, 0.1) is 6.92 Å². The Hall–Kier alpha value is -2.10. The smallest absolute Gasteiger partial charge is 0.305 e. The van der Waals surface area contributed by atoms with Crippen LogP contribution in [-0.2, 0) is 0 Å². The van der Waals surface area contributed by atoms with Crippen LogP contribution in [0.1, 0.15) is 42.9 Å². The van der Waals surface area contributed by atoms with Crippen molar-refractivity contribution in [3.63, 3.8) is 0 Å². The summed E-state index contributed by atoms with van der Waals surface area (Å²) >= 11 is 0. The molecule has 1 amide bonds. The van der Waals surface area contributed by atoms with E-state index in [1.807, 2.05) is 13.8 Å². The number of anilines is 1. The van der Waals surface area contributed by atoms with Gasteiger partial charge in [0.1, 0.15) is 10.6 Å². The molecule has 0 radical (unpaired) electrons. The molecule has 1 aromatic carbocycles. The van der Waals surface area contributed by atoms with Crippen molar-refractivity contribution in [3.8, 4) is 0 Å². The summed E-state index contributed by atoms with van der Waals surface area (Å²) in [5.41, 5.74) is 1.11. The van der Waals surface area contributed by atoms with Crippen LogP contribution in [-0.4, -0.2) is 22.2 Å². The van der Waals surface area contributed by atoms with E-state index in [4.69, 9.17) is 0 Å². The first-order valence-electron chi connectivity index (χ1n) is 7.98. The van der Waals surface area contributed by atoms with Gasteiger partial charge in [-0.05, 0) is 38.1 Å². The van der Waals surface area contributed by atoms with Gasteiger partial charge in [0, 0.05) is 17.8 Å². The van der Waals surface area contributed by atoms with Crippen molar-refractivity contribution in [2.45, 2.75) is 38.6 Å². The lowest BCUT2D eigenvalue weighted by atomic mass is 10.1. The second-order valence-electron chi connectivity index (χ2n) is 5.85. The summed E-state index contributed by atoms with van der Waals surface area (Å²) in [6.07, 6.45) is 1.53. The summed E-state index contributed by atoms with van der Waals surface area (Å²) < 4.78 is 65.4. The largest absolute Gasteiger partial charge is 0.310 e. The second kappa shape index (κ2) is 5.70. The summed E-state index contributed by atoms with van der Waals surface area (Å²) in [4.78, 5) is 11.8. The molecular weight excluding hydrogens is 377 g/mol. The normalized spacial score (nSPS) is 19.8. The molecule has 4 nitrogen and oxygen atoms in total. The molecule has 0 saturated carbocycles. The number of amides is 1. The van der Waals surface area contributed by atoms with Crippen molar-refractivity contribution >= 4 is 21.8 Å². The Morgan fingerprint density at radius 3 is 2.12 bits per heavy atom. The maximum atomic E-state index is 12.8. The first-order valence-corrected chi connectivity index (χ1v) is 9.93. The molecule has 26 heavy (non-hydrogen) atoms. The number of fused-ring (bicyclic) bond motifs is 1. The Balaban J connectivity index is 0.00000117. The fourth-order valence-corrected chi connectivity index (χ4v) is 3.36. The number of hydrogen-bond acceptors (Lipinski definition) is 2. The van der Waals surface area contributed by atoms with Gasteiger partial charge < -0.3 is 4.90 Å². The quantitative estimate of drug-likeness (QED) is 0.575. The molecule has 0 spiro atoms. The highest BCUT2D eigenvalue weighted by atomic mass is 32.5. The first-order chi connectivity index (χ1) is 11.8. The first kappa shape index (κ1) is 20.2. The summed E-state index contributed by atoms with van der Waals surface area (Å²) in [6, 6.07) is 2.21. The van der Waals surface area contributed by atoms with Crippen LogP contribution in [0.15, 0.2) is 35.4 Å². The molecule has 1 atom stereocenters. The second-order valence-corrected chi connectivity index (χ2v) is 8.26. The van der Waals surface area contributed by atoms with Crippen LogP contribution >= 0.6 is 10.2 Å².